The van der Waals surface area contributed by atoms with Crippen LogP contribution in [0.5, 0.6) is 5.75 Å². The van der Waals surface area contributed by atoms with E-state index in [0.29, 0.717) is 5.92 Å². The summed E-state index contributed by atoms with van der Waals surface area (Å²) in [5.74, 6) is 2.41. The molecule has 0 spiro atoms. The summed E-state index contributed by atoms with van der Waals surface area (Å²) in [6, 6.07) is 9.12. The van der Waals surface area contributed by atoms with Crippen molar-refractivity contribution in [1.82, 2.24) is 15.5 Å². The molecule has 0 radical (unpaired) electrons. The molecule has 0 amide bonds. The highest BCUT2D eigenvalue weighted by Crippen LogP contribution is 2.32. The van der Waals surface area contributed by atoms with Crippen LogP contribution in [0.2, 0.25) is 0 Å². The van der Waals surface area contributed by atoms with Gasteiger partial charge in [-0.3, -0.25) is 4.99 Å². The number of ether oxygens (including phenoxy) is 1. The molecule has 2 atom stereocenters. The van der Waals surface area contributed by atoms with Crippen LogP contribution in [0, 0.1) is 0 Å². The summed E-state index contributed by atoms with van der Waals surface area (Å²) in [5.41, 5.74) is 1.31. The van der Waals surface area contributed by atoms with Gasteiger partial charge < -0.3 is 20.3 Å². The number of hydrogen-bond acceptors (Lipinski definition) is 3. The number of rotatable bonds is 6. The molecule has 2 unspecified atom stereocenters. The van der Waals surface area contributed by atoms with Gasteiger partial charge >= 0.3 is 0 Å². The number of fused-ring (bicyclic) bond motifs is 1. The molecule has 1 saturated heterocycles. The highest BCUT2D eigenvalue weighted by molar-refractivity contribution is 5.79. The van der Waals surface area contributed by atoms with Gasteiger partial charge in [0.15, 0.2) is 5.96 Å². The summed E-state index contributed by atoms with van der Waals surface area (Å²) in [7, 11) is 1.85. The maximum Gasteiger partial charge on any atom is 0.190 e. The average Bonchev–Trinajstić information content (AvgIpc) is 2.68. The molecule has 0 aliphatic carbocycles. The predicted molar refractivity (Wildman–Crippen MR) is 108 cm³/mol. The first-order valence-corrected chi connectivity index (χ1v) is 10.2. The first kappa shape index (κ1) is 19.0. The maximum atomic E-state index is 5.75. The maximum absolute atomic E-state index is 5.75. The minimum atomic E-state index is 0.479. The van der Waals surface area contributed by atoms with Gasteiger partial charge in [-0.25, -0.2) is 0 Å². The molecule has 0 saturated carbocycles. The van der Waals surface area contributed by atoms with Crippen LogP contribution in [0.3, 0.4) is 0 Å². The molecular weight excluding hydrogens is 324 g/mol. The smallest absolute Gasteiger partial charge is 0.190 e. The number of para-hydroxylation sites is 1. The number of hydrogen-bond donors (Lipinski definition) is 2. The van der Waals surface area contributed by atoms with Crippen LogP contribution in [0.15, 0.2) is 29.3 Å². The van der Waals surface area contributed by atoms with Crippen LogP contribution in [-0.2, 0) is 0 Å². The van der Waals surface area contributed by atoms with Crippen molar-refractivity contribution in [1.29, 1.82) is 0 Å². The van der Waals surface area contributed by atoms with E-state index in [1.165, 1.54) is 37.9 Å². The Morgan fingerprint density at radius 1 is 1.23 bits per heavy atom. The van der Waals surface area contributed by atoms with Gasteiger partial charge in [0.2, 0.25) is 0 Å². The number of benzene rings is 1. The number of piperidine rings is 1. The predicted octanol–water partition coefficient (Wildman–Crippen LogP) is 2.98. The highest BCUT2D eigenvalue weighted by atomic mass is 16.5. The van der Waals surface area contributed by atoms with Gasteiger partial charge in [-0.15, -0.1) is 0 Å². The van der Waals surface area contributed by atoms with Crippen LogP contribution >= 0.6 is 0 Å². The lowest BCUT2D eigenvalue weighted by Gasteiger charge is -2.33. The second-order valence-corrected chi connectivity index (χ2v) is 7.49. The molecule has 2 aliphatic rings. The van der Waals surface area contributed by atoms with Gasteiger partial charge in [-0.05, 0) is 50.8 Å². The minimum Gasteiger partial charge on any atom is -0.493 e. The fraction of sp³-hybridized carbons (Fsp3) is 0.667. The van der Waals surface area contributed by atoms with Gasteiger partial charge in [0.1, 0.15) is 5.75 Å². The van der Waals surface area contributed by atoms with E-state index in [0.717, 1.165) is 50.3 Å². The van der Waals surface area contributed by atoms with E-state index in [9.17, 15) is 0 Å². The van der Waals surface area contributed by atoms with E-state index in [1.54, 1.807) is 0 Å². The Bertz CT molecular complexity index is 589. The zero-order chi connectivity index (χ0) is 18.2. The zero-order valence-electron chi connectivity index (χ0n) is 16.3. The van der Waals surface area contributed by atoms with Crippen molar-refractivity contribution in [3.63, 3.8) is 0 Å². The molecule has 3 rings (SSSR count). The van der Waals surface area contributed by atoms with Gasteiger partial charge in [0.05, 0.1) is 6.61 Å². The van der Waals surface area contributed by atoms with Crippen LogP contribution in [0.25, 0.3) is 0 Å². The average molecular weight is 359 g/mol. The van der Waals surface area contributed by atoms with E-state index in [-0.39, 0.29) is 0 Å². The van der Waals surface area contributed by atoms with Gasteiger partial charge in [0, 0.05) is 38.6 Å². The highest BCUT2D eigenvalue weighted by Gasteiger charge is 2.21. The van der Waals surface area contributed by atoms with E-state index in [2.05, 4.69) is 45.6 Å². The van der Waals surface area contributed by atoms with Gasteiger partial charge in [-0.1, -0.05) is 24.6 Å². The summed E-state index contributed by atoms with van der Waals surface area (Å²) in [6.45, 7) is 7.45. The fourth-order valence-electron chi connectivity index (χ4n) is 4.05. The molecule has 2 heterocycles. The number of guanidine groups is 1. The number of nitrogens with one attached hydrogen (secondary N) is 2. The minimum absolute atomic E-state index is 0.479. The third kappa shape index (κ3) is 5.13. The van der Waals surface area contributed by atoms with Crippen molar-refractivity contribution in [2.45, 2.75) is 51.0 Å². The molecule has 0 aromatic heterocycles. The third-order valence-corrected chi connectivity index (χ3v) is 5.68. The molecule has 1 fully saturated rings. The van der Waals surface area contributed by atoms with Crippen molar-refractivity contribution in [2.75, 3.05) is 39.8 Å². The van der Waals surface area contributed by atoms with E-state index < -0.39 is 0 Å². The first-order chi connectivity index (χ1) is 12.8. The lowest BCUT2D eigenvalue weighted by molar-refractivity contribution is 0.159. The van der Waals surface area contributed by atoms with E-state index >= 15 is 0 Å². The number of likely N-dealkylation sites (tertiary alicyclic amines) is 1. The lowest BCUT2D eigenvalue weighted by atomic mass is 9.93. The van der Waals surface area contributed by atoms with Crippen molar-refractivity contribution in [3.05, 3.63) is 29.8 Å². The summed E-state index contributed by atoms with van der Waals surface area (Å²) >= 11 is 0. The molecule has 0 bridgehead atoms. The van der Waals surface area contributed by atoms with Crippen LogP contribution in [0.1, 0.15) is 50.5 Å². The van der Waals surface area contributed by atoms with Crippen molar-refractivity contribution < 1.29 is 4.74 Å². The van der Waals surface area contributed by atoms with Crippen molar-refractivity contribution >= 4 is 5.96 Å². The van der Waals surface area contributed by atoms with E-state index in [1.807, 2.05) is 13.1 Å². The monoisotopic (exact) mass is 358 g/mol. The largest absolute Gasteiger partial charge is 0.493 e. The Hall–Kier alpha value is -1.75. The fourth-order valence-corrected chi connectivity index (χ4v) is 4.05. The molecule has 1 aromatic carbocycles. The summed E-state index contributed by atoms with van der Waals surface area (Å²) in [5, 5.41) is 6.97. The Labute approximate surface area is 158 Å². The number of nitrogens with zero attached hydrogens (tertiary/aromatic N) is 2. The zero-order valence-corrected chi connectivity index (χ0v) is 16.3. The molecule has 2 aliphatic heterocycles. The first-order valence-electron chi connectivity index (χ1n) is 10.2. The molecule has 144 valence electrons. The second-order valence-electron chi connectivity index (χ2n) is 7.49. The Kier molecular flexibility index (Phi) is 7.18. The van der Waals surface area contributed by atoms with Crippen LogP contribution in [0.4, 0.5) is 0 Å². The SMILES string of the molecule is CN=C(NCCCN1CCCCC1C)NCC1CCOc2ccccc21. The molecule has 5 nitrogen and oxygen atoms in total. The van der Waals surface area contributed by atoms with Gasteiger partial charge in [0.25, 0.3) is 0 Å². The van der Waals surface area contributed by atoms with Gasteiger partial charge in [-0.2, -0.15) is 0 Å². The van der Waals surface area contributed by atoms with Crippen LogP contribution < -0.4 is 15.4 Å². The molecular formula is C21H34N4O. The lowest BCUT2D eigenvalue weighted by Crippen LogP contribution is -2.42. The van der Waals surface area contributed by atoms with Crippen molar-refractivity contribution in [3.8, 4) is 5.75 Å². The van der Waals surface area contributed by atoms with Crippen LogP contribution in [-0.4, -0.2) is 56.7 Å². The molecule has 26 heavy (non-hydrogen) atoms. The molecule has 5 heteroatoms. The number of aliphatic imine (C=N–C) groups is 1. The second kappa shape index (κ2) is 9.81. The van der Waals surface area contributed by atoms with E-state index in [4.69, 9.17) is 4.74 Å². The summed E-state index contributed by atoms with van der Waals surface area (Å²) in [4.78, 5) is 7.00. The Balaban J connectivity index is 1.39. The summed E-state index contributed by atoms with van der Waals surface area (Å²) in [6.07, 6.45) is 6.30. The standard InChI is InChI=1S/C21H34N4O/c1-17-8-5-6-13-25(17)14-7-12-23-21(22-2)24-16-18-11-15-26-20-10-4-3-9-19(18)20/h3-4,9-10,17-18H,5-8,11-16H2,1-2H3,(H2,22,23,24). The summed E-state index contributed by atoms with van der Waals surface area (Å²) < 4.78 is 5.75. The molecule has 2 N–H and O–H groups in total. The normalized spacial score (nSPS) is 23.8. The topological polar surface area (TPSA) is 48.9 Å². The third-order valence-electron chi connectivity index (χ3n) is 5.68. The molecule has 1 aromatic rings. The van der Waals surface area contributed by atoms with Crippen molar-refractivity contribution in [2.24, 2.45) is 4.99 Å². The Morgan fingerprint density at radius 3 is 2.96 bits per heavy atom. The Morgan fingerprint density at radius 2 is 2.12 bits per heavy atom. The quantitative estimate of drug-likeness (QED) is 0.466.